The standard InChI is InChI=1S/C25H31Cl2N3O4/c1-2-34-25(33)21(15-17-7-4-3-5-8-17)29-24(32)19-16-20(26)18(22(27)23(19)31)9-6-12-30-13-10-28-11-14-30/h3-5,7-8,16,21,28,31H,2,6,9-15H2,1H3,(H,29,32)/t21-/m1/s1. The molecule has 184 valence electrons. The van der Waals surface area contributed by atoms with Crippen LogP contribution < -0.4 is 10.6 Å². The van der Waals surface area contributed by atoms with E-state index in [1.54, 1.807) is 6.92 Å². The Labute approximate surface area is 210 Å². The van der Waals surface area contributed by atoms with Gasteiger partial charge in [0.15, 0.2) is 0 Å². The van der Waals surface area contributed by atoms with E-state index in [1.807, 2.05) is 30.3 Å². The average Bonchev–Trinajstić information content (AvgIpc) is 2.84. The quantitative estimate of drug-likeness (QED) is 0.426. The van der Waals surface area contributed by atoms with E-state index in [0.29, 0.717) is 17.0 Å². The summed E-state index contributed by atoms with van der Waals surface area (Å²) in [6.07, 6.45) is 1.65. The fourth-order valence-corrected chi connectivity index (χ4v) is 4.63. The van der Waals surface area contributed by atoms with Gasteiger partial charge in [-0.1, -0.05) is 53.5 Å². The van der Waals surface area contributed by atoms with Gasteiger partial charge in [0.05, 0.1) is 17.2 Å². The molecule has 1 saturated heterocycles. The van der Waals surface area contributed by atoms with Gasteiger partial charge in [-0.05, 0) is 43.5 Å². The van der Waals surface area contributed by atoms with Gasteiger partial charge in [0.1, 0.15) is 11.8 Å². The third-order valence-corrected chi connectivity index (χ3v) is 6.55. The zero-order chi connectivity index (χ0) is 24.5. The molecule has 0 spiro atoms. The van der Waals surface area contributed by atoms with Gasteiger partial charge in [0.25, 0.3) is 5.91 Å². The number of phenolic OH excluding ortho intramolecular Hbond substituents is 1. The van der Waals surface area contributed by atoms with Crippen LogP contribution in [-0.2, 0) is 22.4 Å². The summed E-state index contributed by atoms with van der Waals surface area (Å²) in [4.78, 5) is 27.8. The largest absolute Gasteiger partial charge is 0.506 e. The van der Waals surface area contributed by atoms with E-state index in [-0.39, 0.29) is 29.4 Å². The lowest BCUT2D eigenvalue weighted by molar-refractivity contribution is -0.145. The SMILES string of the molecule is CCOC(=O)[C@@H](Cc1ccccc1)NC(=O)c1cc(Cl)c(CCCN2CCNCC2)c(Cl)c1O. The van der Waals surface area contributed by atoms with Crippen molar-refractivity contribution in [3.05, 3.63) is 63.1 Å². The average molecular weight is 508 g/mol. The Morgan fingerprint density at radius 1 is 1.21 bits per heavy atom. The summed E-state index contributed by atoms with van der Waals surface area (Å²) in [6, 6.07) is 9.78. The van der Waals surface area contributed by atoms with Crippen LogP contribution in [0.5, 0.6) is 5.75 Å². The third kappa shape index (κ3) is 7.09. The predicted octanol–water partition coefficient (Wildman–Crippen LogP) is 3.44. The maximum Gasteiger partial charge on any atom is 0.328 e. The molecule has 1 aliphatic rings. The second kappa shape index (κ2) is 13.0. The van der Waals surface area contributed by atoms with E-state index in [2.05, 4.69) is 15.5 Å². The summed E-state index contributed by atoms with van der Waals surface area (Å²) < 4.78 is 5.13. The second-order valence-corrected chi connectivity index (χ2v) is 9.00. The minimum atomic E-state index is -0.925. The molecule has 2 aromatic rings. The van der Waals surface area contributed by atoms with Gasteiger partial charge < -0.3 is 25.4 Å². The van der Waals surface area contributed by atoms with Crippen molar-refractivity contribution in [1.82, 2.24) is 15.5 Å². The number of esters is 1. The summed E-state index contributed by atoms with van der Waals surface area (Å²) in [5.41, 5.74) is 1.39. The molecule has 0 unspecified atom stereocenters. The summed E-state index contributed by atoms with van der Waals surface area (Å²) >= 11 is 12.9. The first-order valence-corrected chi connectivity index (χ1v) is 12.3. The topological polar surface area (TPSA) is 90.9 Å². The van der Waals surface area contributed by atoms with E-state index < -0.39 is 17.9 Å². The lowest BCUT2D eigenvalue weighted by atomic mass is 10.0. The van der Waals surface area contributed by atoms with Crippen molar-refractivity contribution in [3.63, 3.8) is 0 Å². The van der Waals surface area contributed by atoms with Crippen LogP contribution in [0.15, 0.2) is 36.4 Å². The van der Waals surface area contributed by atoms with Crippen LogP contribution in [0.3, 0.4) is 0 Å². The lowest BCUT2D eigenvalue weighted by Crippen LogP contribution is -2.43. The number of piperazine rings is 1. The smallest absolute Gasteiger partial charge is 0.328 e. The Hall–Kier alpha value is -2.32. The molecule has 1 atom stereocenters. The van der Waals surface area contributed by atoms with E-state index in [0.717, 1.165) is 44.7 Å². The maximum absolute atomic E-state index is 13.0. The molecule has 9 heteroatoms. The molecule has 3 N–H and O–H groups in total. The normalized spacial score (nSPS) is 15.0. The zero-order valence-corrected chi connectivity index (χ0v) is 20.8. The van der Waals surface area contributed by atoms with Crippen molar-refractivity contribution in [1.29, 1.82) is 0 Å². The number of hydrogen-bond acceptors (Lipinski definition) is 6. The molecule has 3 rings (SSSR count). The highest BCUT2D eigenvalue weighted by Gasteiger charge is 2.26. The lowest BCUT2D eigenvalue weighted by Gasteiger charge is -2.27. The molecule has 7 nitrogen and oxygen atoms in total. The Bertz CT molecular complexity index is 982. The molecule has 0 radical (unpaired) electrons. The van der Waals surface area contributed by atoms with Gasteiger partial charge in [-0.25, -0.2) is 4.79 Å². The van der Waals surface area contributed by atoms with Gasteiger partial charge in [-0.15, -0.1) is 0 Å². The summed E-state index contributed by atoms with van der Waals surface area (Å²) in [6.45, 7) is 6.73. The van der Waals surface area contributed by atoms with Crippen LogP contribution in [0.25, 0.3) is 0 Å². The van der Waals surface area contributed by atoms with Crippen LogP contribution in [-0.4, -0.2) is 67.3 Å². The first kappa shape index (κ1) is 26.3. The van der Waals surface area contributed by atoms with Gasteiger partial charge in [-0.3, -0.25) is 4.79 Å². The Morgan fingerprint density at radius 3 is 2.59 bits per heavy atom. The number of phenols is 1. The van der Waals surface area contributed by atoms with Gasteiger partial charge >= 0.3 is 5.97 Å². The molecular formula is C25H31Cl2N3O4. The number of carbonyl (C=O) groups is 2. The zero-order valence-electron chi connectivity index (χ0n) is 19.3. The highest BCUT2D eigenvalue weighted by atomic mass is 35.5. The molecule has 34 heavy (non-hydrogen) atoms. The van der Waals surface area contributed by atoms with Crippen molar-refractivity contribution in [2.45, 2.75) is 32.2 Å². The van der Waals surface area contributed by atoms with Crippen LogP contribution in [0, 0.1) is 0 Å². The molecule has 1 heterocycles. The highest BCUT2D eigenvalue weighted by Crippen LogP contribution is 2.37. The first-order chi connectivity index (χ1) is 16.4. The van der Waals surface area contributed by atoms with Crippen molar-refractivity contribution >= 4 is 35.1 Å². The molecule has 2 aromatic carbocycles. The number of carbonyl (C=O) groups excluding carboxylic acids is 2. The fraction of sp³-hybridized carbons (Fsp3) is 0.440. The van der Waals surface area contributed by atoms with Crippen LogP contribution in [0.1, 0.15) is 34.8 Å². The molecule has 1 aliphatic heterocycles. The molecular weight excluding hydrogens is 477 g/mol. The number of rotatable bonds is 10. The second-order valence-electron chi connectivity index (χ2n) is 8.21. The molecule has 0 bridgehead atoms. The number of halogens is 2. The van der Waals surface area contributed by atoms with Crippen LogP contribution >= 0.6 is 23.2 Å². The number of nitrogens with zero attached hydrogens (tertiary/aromatic N) is 1. The Kier molecular flexibility index (Phi) is 10.0. The number of nitrogens with one attached hydrogen (secondary N) is 2. The fourth-order valence-electron chi connectivity index (χ4n) is 3.99. The van der Waals surface area contributed by atoms with Gasteiger partial charge in [0.2, 0.25) is 0 Å². The summed E-state index contributed by atoms with van der Waals surface area (Å²) in [5.74, 6) is -1.55. The molecule has 0 saturated carbocycles. The minimum absolute atomic E-state index is 0.0636. The van der Waals surface area contributed by atoms with Crippen LogP contribution in [0.4, 0.5) is 0 Å². The first-order valence-electron chi connectivity index (χ1n) is 11.5. The van der Waals surface area contributed by atoms with Crippen molar-refractivity contribution in [2.24, 2.45) is 0 Å². The summed E-state index contributed by atoms with van der Waals surface area (Å²) in [7, 11) is 0. The third-order valence-electron chi connectivity index (χ3n) is 5.80. The van der Waals surface area contributed by atoms with Gasteiger partial charge in [0, 0.05) is 37.6 Å². The Balaban J connectivity index is 1.71. The number of benzene rings is 2. The molecule has 1 fully saturated rings. The molecule has 0 aliphatic carbocycles. The molecule has 1 amide bonds. The van der Waals surface area contributed by atoms with E-state index in [9.17, 15) is 14.7 Å². The number of hydrogen-bond donors (Lipinski definition) is 3. The monoisotopic (exact) mass is 507 g/mol. The van der Waals surface area contributed by atoms with Crippen LogP contribution in [0.2, 0.25) is 10.0 Å². The number of ether oxygens (including phenoxy) is 1. The summed E-state index contributed by atoms with van der Waals surface area (Å²) in [5, 5.41) is 17.0. The van der Waals surface area contributed by atoms with Crippen molar-refractivity contribution in [2.75, 3.05) is 39.3 Å². The number of amides is 1. The number of aromatic hydroxyl groups is 1. The van der Waals surface area contributed by atoms with Crippen molar-refractivity contribution < 1.29 is 19.4 Å². The van der Waals surface area contributed by atoms with Gasteiger partial charge in [-0.2, -0.15) is 0 Å². The van der Waals surface area contributed by atoms with E-state index in [1.165, 1.54) is 6.07 Å². The van der Waals surface area contributed by atoms with E-state index >= 15 is 0 Å². The van der Waals surface area contributed by atoms with E-state index in [4.69, 9.17) is 27.9 Å². The minimum Gasteiger partial charge on any atom is -0.506 e. The Morgan fingerprint density at radius 2 is 1.91 bits per heavy atom. The predicted molar refractivity (Wildman–Crippen MR) is 134 cm³/mol. The van der Waals surface area contributed by atoms with Crippen molar-refractivity contribution in [3.8, 4) is 5.75 Å². The molecule has 0 aromatic heterocycles. The highest BCUT2D eigenvalue weighted by molar-refractivity contribution is 6.37. The maximum atomic E-state index is 13.0.